The number of hydrogen-bond donors (Lipinski definition) is 1. The lowest BCUT2D eigenvalue weighted by molar-refractivity contribution is -0.384. The Morgan fingerprint density at radius 2 is 2.19 bits per heavy atom. The minimum Gasteiger partial charge on any atom is -0.311 e. The lowest BCUT2D eigenvalue weighted by Crippen LogP contribution is -2.19. The van der Waals surface area contributed by atoms with E-state index in [0.717, 1.165) is 17.8 Å². The summed E-state index contributed by atoms with van der Waals surface area (Å²) in [5.74, 6) is 0.554. The number of benzene rings is 1. The molecule has 1 aromatic heterocycles. The Morgan fingerprint density at radius 1 is 1.43 bits per heavy atom. The molecule has 112 valence electrons. The van der Waals surface area contributed by atoms with Gasteiger partial charge in [0.2, 0.25) is 0 Å². The summed E-state index contributed by atoms with van der Waals surface area (Å²) < 4.78 is 1.45. The van der Waals surface area contributed by atoms with Gasteiger partial charge in [-0.2, -0.15) is 0 Å². The molecule has 0 amide bonds. The second-order valence-electron chi connectivity index (χ2n) is 5.43. The number of aromatic nitrogens is 3. The quantitative estimate of drug-likeness (QED) is 0.651. The molecule has 2 aromatic rings. The molecule has 0 aliphatic heterocycles. The van der Waals surface area contributed by atoms with Crippen LogP contribution in [-0.2, 0) is 6.54 Å². The Bertz CT molecular complexity index is 636. The molecule has 1 heterocycles. The Kier molecular flexibility index (Phi) is 4.64. The third-order valence-electron chi connectivity index (χ3n) is 2.97. The van der Waals surface area contributed by atoms with Gasteiger partial charge < -0.3 is 5.32 Å². The van der Waals surface area contributed by atoms with Gasteiger partial charge in [0, 0.05) is 12.6 Å². The summed E-state index contributed by atoms with van der Waals surface area (Å²) in [7, 11) is 0. The van der Waals surface area contributed by atoms with Crippen LogP contribution in [0.3, 0.4) is 0 Å². The van der Waals surface area contributed by atoms with E-state index in [1.165, 1.54) is 10.7 Å². The first-order valence-corrected chi connectivity index (χ1v) is 6.84. The fourth-order valence-corrected chi connectivity index (χ4v) is 1.96. The van der Waals surface area contributed by atoms with Gasteiger partial charge in [0.1, 0.15) is 5.69 Å². The molecule has 0 fully saturated rings. The van der Waals surface area contributed by atoms with Crippen LogP contribution < -0.4 is 5.32 Å². The molecule has 0 radical (unpaired) electrons. The number of nitro benzene ring substituents is 1. The summed E-state index contributed by atoms with van der Waals surface area (Å²) in [6, 6.07) is 5.04. The highest BCUT2D eigenvalue weighted by Crippen LogP contribution is 2.23. The van der Waals surface area contributed by atoms with Crippen molar-refractivity contribution in [1.82, 2.24) is 20.3 Å². The molecule has 7 heteroatoms. The zero-order chi connectivity index (χ0) is 15.4. The van der Waals surface area contributed by atoms with Crippen LogP contribution in [0.1, 0.15) is 25.1 Å². The number of rotatable bonds is 6. The average Bonchev–Trinajstić information content (AvgIpc) is 2.86. The monoisotopic (exact) mass is 289 g/mol. The molecule has 21 heavy (non-hydrogen) atoms. The van der Waals surface area contributed by atoms with Gasteiger partial charge in [0.05, 0.1) is 16.8 Å². The van der Waals surface area contributed by atoms with Gasteiger partial charge in [-0.05, 0) is 31.0 Å². The maximum Gasteiger partial charge on any atom is 0.295 e. The van der Waals surface area contributed by atoms with Crippen molar-refractivity contribution in [2.75, 3.05) is 6.54 Å². The van der Waals surface area contributed by atoms with Gasteiger partial charge in [0.15, 0.2) is 0 Å². The molecule has 0 unspecified atom stereocenters. The van der Waals surface area contributed by atoms with Crippen LogP contribution in [0, 0.1) is 23.0 Å². The fraction of sp³-hybridized carbons (Fsp3) is 0.429. The van der Waals surface area contributed by atoms with Crippen molar-refractivity contribution in [2.24, 2.45) is 5.92 Å². The number of nitro groups is 1. The van der Waals surface area contributed by atoms with Crippen molar-refractivity contribution < 1.29 is 4.92 Å². The van der Waals surface area contributed by atoms with Crippen LogP contribution in [0.4, 0.5) is 5.69 Å². The largest absolute Gasteiger partial charge is 0.311 e. The molecule has 0 aliphatic carbocycles. The topological polar surface area (TPSA) is 85.9 Å². The summed E-state index contributed by atoms with van der Waals surface area (Å²) in [4.78, 5) is 10.7. The third kappa shape index (κ3) is 3.85. The van der Waals surface area contributed by atoms with Crippen molar-refractivity contribution in [1.29, 1.82) is 0 Å². The minimum atomic E-state index is -0.402. The maximum atomic E-state index is 11.1. The van der Waals surface area contributed by atoms with E-state index < -0.39 is 4.92 Å². The first-order valence-electron chi connectivity index (χ1n) is 6.84. The Labute approximate surface area is 123 Å². The molecule has 1 N–H and O–H groups in total. The molecule has 2 rings (SSSR count). The van der Waals surface area contributed by atoms with E-state index in [4.69, 9.17) is 0 Å². The van der Waals surface area contributed by atoms with Gasteiger partial charge in [-0.3, -0.25) is 10.1 Å². The van der Waals surface area contributed by atoms with Crippen molar-refractivity contribution in [3.05, 3.63) is 45.8 Å². The van der Waals surface area contributed by atoms with Crippen molar-refractivity contribution in [2.45, 2.75) is 27.3 Å². The Hall–Kier alpha value is -2.28. The zero-order valence-corrected chi connectivity index (χ0v) is 12.4. The predicted molar refractivity (Wildman–Crippen MR) is 79.3 cm³/mol. The maximum absolute atomic E-state index is 11.1. The summed E-state index contributed by atoms with van der Waals surface area (Å²) in [5, 5.41) is 22.4. The van der Waals surface area contributed by atoms with Crippen LogP contribution in [-0.4, -0.2) is 26.5 Å². The summed E-state index contributed by atoms with van der Waals surface area (Å²) in [6.07, 6.45) is 1.71. The van der Waals surface area contributed by atoms with E-state index in [-0.39, 0.29) is 5.69 Å². The standard InChI is InChI=1S/C14H19N5O2/c1-10(2)7-15-8-12-9-18(17-16-12)13-5-4-11(3)6-14(13)19(20)21/h4-6,9-10,15H,7-8H2,1-3H3. The van der Waals surface area contributed by atoms with Crippen molar-refractivity contribution in [3.63, 3.8) is 0 Å². The molecule has 0 aliphatic rings. The lowest BCUT2D eigenvalue weighted by Gasteiger charge is -2.04. The number of nitrogens with one attached hydrogen (secondary N) is 1. The number of hydrogen-bond acceptors (Lipinski definition) is 5. The van der Waals surface area contributed by atoms with Gasteiger partial charge in [0.25, 0.3) is 5.69 Å². The SMILES string of the molecule is Cc1ccc(-n2cc(CNCC(C)C)nn2)c([N+](=O)[O-])c1. The molecule has 0 bridgehead atoms. The number of nitrogens with zero attached hydrogens (tertiary/aromatic N) is 4. The minimum absolute atomic E-state index is 0.0292. The molecule has 0 spiro atoms. The highest BCUT2D eigenvalue weighted by atomic mass is 16.6. The van der Waals surface area contributed by atoms with Gasteiger partial charge >= 0.3 is 0 Å². The van der Waals surface area contributed by atoms with Gasteiger partial charge in [-0.25, -0.2) is 4.68 Å². The van der Waals surface area contributed by atoms with Crippen LogP contribution in [0.15, 0.2) is 24.4 Å². The van der Waals surface area contributed by atoms with Crippen molar-refractivity contribution >= 4 is 5.69 Å². The molecular weight excluding hydrogens is 270 g/mol. The summed E-state index contributed by atoms with van der Waals surface area (Å²) in [5.41, 5.74) is 2.05. The van der Waals surface area contributed by atoms with E-state index >= 15 is 0 Å². The molecular formula is C14H19N5O2. The lowest BCUT2D eigenvalue weighted by atomic mass is 10.2. The Balaban J connectivity index is 2.19. The van der Waals surface area contributed by atoms with Crippen molar-refractivity contribution in [3.8, 4) is 5.69 Å². The highest BCUT2D eigenvalue weighted by molar-refractivity contribution is 5.53. The normalized spacial score (nSPS) is 11.0. The van der Waals surface area contributed by atoms with E-state index in [2.05, 4.69) is 29.5 Å². The third-order valence-corrected chi connectivity index (χ3v) is 2.97. The highest BCUT2D eigenvalue weighted by Gasteiger charge is 2.16. The van der Waals surface area contributed by atoms with Crippen LogP contribution in [0.25, 0.3) is 5.69 Å². The average molecular weight is 289 g/mol. The molecule has 0 atom stereocenters. The second kappa shape index (κ2) is 6.45. The smallest absolute Gasteiger partial charge is 0.295 e. The van der Waals surface area contributed by atoms with Crippen LogP contribution >= 0.6 is 0 Å². The van der Waals surface area contributed by atoms with Crippen LogP contribution in [0.5, 0.6) is 0 Å². The summed E-state index contributed by atoms with van der Waals surface area (Å²) >= 11 is 0. The second-order valence-corrected chi connectivity index (χ2v) is 5.43. The molecule has 1 aromatic carbocycles. The fourth-order valence-electron chi connectivity index (χ4n) is 1.96. The molecule has 0 saturated heterocycles. The molecule has 7 nitrogen and oxygen atoms in total. The van der Waals surface area contributed by atoms with E-state index in [1.807, 2.05) is 13.0 Å². The first kappa shape index (κ1) is 15.1. The van der Waals surface area contributed by atoms with Gasteiger partial charge in [-0.1, -0.05) is 25.1 Å². The summed E-state index contributed by atoms with van der Waals surface area (Å²) in [6.45, 7) is 7.55. The van der Waals surface area contributed by atoms with E-state index in [0.29, 0.717) is 18.2 Å². The van der Waals surface area contributed by atoms with E-state index in [1.54, 1.807) is 12.3 Å². The Morgan fingerprint density at radius 3 is 2.86 bits per heavy atom. The van der Waals surface area contributed by atoms with Crippen LogP contribution in [0.2, 0.25) is 0 Å². The zero-order valence-electron chi connectivity index (χ0n) is 12.4. The van der Waals surface area contributed by atoms with Gasteiger partial charge in [-0.15, -0.1) is 5.10 Å². The number of aryl methyl sites for hydroxylation is 1. The predicted octanol–water partition coefficient (Wildman–Crippen LogP) is 2.23. The van der Waals surface area contributed by atoms with E-state index in [9.17, 15) is 10.1 Å². The first-order chi connectivity index (χ1) is 9.97. The molecule has 0 saturated carbocycles.